The first-order valence-corrected chi connectivity index (χ1v) is 9.43. The number of anilines is 1. The second kappa shape index (κ2) is 6.90. The monoisotopic (exact) mass is 389 g/mol. The summed E-state index contributed by atoms with van der Waals surface area (Å²) in [4.78, 5) is 15.6. The normalized spacial score (nSPS) is 23.2. The first-order valence-electron chi connectivity index (χ1n) is 9.43. The van der Waals surface area contributed by atoms with Crippen LogP contribution in [0.5, 0.6) is 0 Å². The van der Waals surface area contributed by atoms with Gasteiger partial charge >= 0.3 is 6.09 Å². The Balaban J connectivity index is 1.71. The van der Waals surface area contributed by atoms with Gasteiger partial charge in [0.2, 0.25) is 0 Å². The molecule has 1 fully saturated rings. The lowest BCUT2D eigenvalue weighted by atomic mass is 9.62. The number of aromatic nitrogens is 1. The molecule has 1 aliphatic rings. The van der Waals surface area contributed by atoms with Crippen molar-refractivity contribution in [2.45, 2.75) is 30.9 Å². The van der Waals surface area contributed by atoms with Crippen molar-refractivity contribution in [1.29, 1.82) is 0 Å². The fourth-order valence-electron chi connectivity index (χ4n) is 4.34. The van der Waals surface area contributed by atoms with Crippen molar-refractivity contribution in [2.24, 2.45) is 0 Å². The van der Waals surface area contributed by atoms with E-state index in [0.717, 1.165) is 27.8 Å². The molecule has 29 heavy (non-hydrogen) atoms. The van der Waals surface area contributed by atoms with Crippen LogP contribution in [0.4, 0.5) is 10.6 Å². The Bertz CT molecular complexity index is 1040. The topological polar surface area (TPSA) is 108 Å². The maximum Gasteiger partial charge on any atom is 0.405 e. The van der Waals surface area contributed by atoms with Gasteiger partial charge in [-0.25, -0.2) is 9.78 Å². The number of aliphatic hydroxyl groups is 1. The van der Waals surface area contributed by atoms with Gasteiger partial charge in [-0.15, -0.1) is 0 Å². The highest BCUT2D eigenvalue weighted by Crippen LogP contribution is 2.48. The number of nitrogens with two attached hydrogens (primary N) is 1. The van der Waals surface area contributed by atoms with Gasteiger partial charge in [0.25, 0.3) is 0 Å². The Morgan fingerprint density at radius 1 is 1.03 bits per heavy atom. The number of carbonyl (C=O) groups is 1. The molecule has 1 aromatic heterocycles. The third-order valence-electron chi connectivity index (χ3n) is 5.47. The molecule has 3 aromatic rings. The summed E-state index contributed by atoms with van der Waals surface area (Å²) in [7, 11) is 0. The molecule has 1 heterocycles. The smallest absolute Gasteiger partial charge is 0.405 e. The number of pyridine rings is 1. The van der Waals surface area contributed by atoms with E-state index < -0.39 is 17.2 Å². The van der Waals surface area contributed by atoms with Crippen LogP contribution in [0.3, 0.4) is 0 Å². The van der Waals surface area contributed by atoms with Gasteiger partial charge in [-0.05, 0) is 35.2 Å². The lowest BCUT2D eigenvalue weighted by Crippen LogP contribution is -2.61. The van der Waals surface area contributed by atoms with Crippen molar-refractivity contribution in [2.75, 3.05) is 5.73 Å². The van der Waals surface area contributed by atoms with E-state index in [0.29, 0.717) is 18.7 Å². The molecular formula is C23H23N3O3. The number of hydrogen-bond donors (Lipinski definition) is 4. The van der Waals surface area contributed by atoms with Gasteiger partial charge in [-0.1, -0.05) is 54.6 Å². The molecule has 0 saturated heterocycles. The molecule has 148 valence electrons. The molecule has 0 spiro atoms. The van der Waals surface area contributed by atoms with E-state index in [1.807, 2.05) is 60.7 Å². The van der Waals surface area contributed by atoms with Crippen LogP contribution < -0.4 is 11.1 Å². The van der Waals surface area contributed by atoms with Crippen molar-refractivity contribution in [3.05, 3.63) is 72.4 Å². The zero-order chi connectivity index (χ0) is 20.6. The summed E-state index contributed by atoms with van der Waals surface area (Å²) in [5.41, 5.74) is 9.04. The van der Waals surface area contributed by atoms with Crippen LogP contribution in [0.2, 0.25) is 0 Å². The maximum atomic E-state index is 11.3. The van der Waals surface area contributed by atoms with Gasteiger partial charge in [-0.2, -0.15) is 0 Å². The summed E-state index contributed by atoms with van der Waals surface area (Å²) in [6, 6.07) is 19.5. The summed E-state index contributed by atoms with van der Waals surface area (Å²) in [5.74, 6) is 0.450. The standard InChI is InChI=1S/C23H23N3O3/c1-22(29)13-23(14-22,26-21(27)28)17-9-7-16(8-10-17)19-12-25-20(24)11-18(19)15-5-3-2-4-6-15/h2-12,26,29H,13-14H2,1H3,(H2,24,25)(H,27,28). The molecule has 5 N–H and O–H groups in total. The van der Waals surface area contributed by atoms with E-state index in [4.69, 9.17) is 5.73 Å². The number of nitrogen functional groups attached to an aromatic ring is 1. The van der Waals surface area contributed by atoms with Gasteiger partial charge in [0.15, 0.2) is 0 Å². The fourth-order valence-corrected chi connectivity index (χ4v) is 4.34. The van der Waals surface area contributed by atoms with Crippen LogP contribution in [-0.4, -0.2) is 26.9 Å². The predicted octanol–water partition coefficient (Wildman–Crippen LogP) is 4.01. The van der Waals surface area contributed by atoms with Crippen LogP contribution in [-0.2, 0) is 5.54 Å². The van der Waals surface area contributed by atoms with Crippen LogP contribution in [0, 0.1) is 0 Å². The Kier molecular flexibility index (Phi) is 4.51. The van der Waals surface area contributed by atoms with E-state index in [9.17, 15) is 15.0 Å². The average Bonchev–Trinajstić information content (AvgIpc) is 2.67. The molecular weight excluding hydrogens is 366 g/mol. The van der Waals surface area contributed by atoms with Gasteiger partial charge in [-0.3, -0.25) is 0 Å². The number of amides is 1. The minimum atomic E-state index is -1.10. The second-order valence-corrected chi connectivity index (χ2v) is 7.96. The minimum absolute atomic E-state index is 0.338. The number of hydrogen-bond acceptors (Lipinski definition) is 4. The zero-order valence-electron chi connectivity index (χ0n) is 16.1. The largest absolute Gasteiger partial charge is 0.465 e. The molecule has 0 atom stereocenters. The predicted molar refractivity (Wildman–Crippen MR) is 112 cm³/mol. The summed E-state index contributed by atoms with van der Waals surface area (Å²) < 4.78 is 0. The SMILES string of the molecule is CC1(O)CC(NC(=O)O)(c2ccc(-c3cnc(N)cc3-c3ccccc3)cc2)C1. The molecule has 4 rings (SSSR count). The van der Waals surface area contributed by atoms with Crippen molar-refractivity contribution in [1.82, 2.24) is 10.3 Å². The molecule has 0 bridgehead atoms. The first-order chi connectivity index (χ1) is 13.8. The van der Waals surface area contributed by atoms with Gasteiger partial charge in [0.1, 0.15) is 5.82 Å². The van der Waals surface area contributed by atoms with E-state index in [2.05, 4.69) is 10.3 Å². The van der Waals surface area contributed by atoms with E-state index in [1.165, 1.54) is 0 Å². The van der Waals surface area contributed by atoms with Crippen LogP contribution >= 0.6 is 0 Å². The van der Waals surface area contributed by atoms with Crippen LogP contribution in [0.25, 0.3) is 22.3 Å². The lowest BCUT2D eigenvalue weighted by molar-refractivity contribution is -0.0858. The number of carboxylic acid groups (broad SMARTS) is 1. The van der Waals surface area contributed by atoms with Crippen molar-refractivity contribution < 1.29 is 15.0 Å². The Labute approximate surface area is 169 Å². The number of nitrogens with one attached hydrogen (secondary N) is 1. The van der Waals surface area contributed by atoms with E-state index in [-0.39, 0.29) is 0 Å². The molecule has 0 radical (unpaired) electrons. The maximum absolute atomic E-state index is 11.3. The third-order valence-corrected chi connectivity index (χ3v) is 5.47. The Morgan fingerprint density at radius 3 is 2.24 bits per heavy atom. The Morgan fingerprint density at radius 2 is 1.66 bits per heavy atom. The molecule has 0 aliphatic heterocycles. The summed E-state index contributed by atoms with van der Waals surface area (Å²) in [6.45, 7) is 1.72. The lowest BCUT2D eigenvalue weighted by Gasteiger charge is -2.51. The van der Waals surface area contributed by atoms with Crippen LogP contribution in [0.15, 0.2) is 66.9 Å². The number of nitrogens with zero attached hydrogens (tertiary/aromatic N) is 1. The molecule has 1 amide bonds. The first kappa shape index (κ1) is 19.0. The highest BCUT2D eigenvalue weighted by Gasteiger charge is 2.53. The molecule has 0 unspecified atom stereocenters. The quantitative estimate of drug-likeness (QED) is 0.539. The molecule has 6 nitrogen and oxygen atoms in total. The highest BCUT2D eigenvalue weighted by atomic mass is 16.4. The van der Waals surface area contributed by atoms with Crippen molar-refractivity contribution in [3.8, 4) is 22.3 Å². The highest BCUT2D eigenvalue weighted by molar-refractivity contribution is 5.84. The molecule has 1 aliphatic carbocycles. The van der Waals surface area contributed by atoms with Gasteiger partial charge in [0.05, 0.1) is 11.1 Å². The van der Waals surface area contributed by atoms with Crippen LogP contribution in [0.1, 0.15) is 25.3 Å². The van der Waals surface area contributed by atoms with E-state index >= 15 is 0 Å². The second-order valence-electron chi connectivity index (χ2n) is 7.96. The molecule has 6 heteroatoms. The zero-order valence-corrected chi connectivity index (χ0v) is 16.1. The summed E-state index contributed by atoms with van der Waals surface area (Å²) in [5, 5.41) is 22.0. The fraction of sp³-hybridized carbons (Fsp3) is 0.217. The van der Waals surface area contributed by atoms with Gasteiger partial charge < -0.3 is 21.3 Å². The third kappa shape index (κ3) is 3.67. The van der Waals surface area contributed by atoms with Crippen molar-refractivity contribution >= 4 is 11.9 Å². The Hall–Kier alpha value is -3.38. The average molecular weight is 389 g/mol. The van der Waals surface area contributed by atoms with Gasteiger partial charge in [0, 0.05) is 24.6 Å². The number of benzene rings is 2. The summed E-state index contributed by atoms with van der Waals surface area (Å²) >= 11 is 0. The van der Waals surface area contributed by atoms with Crippen molar-refractivity contribution in [3.63, 3.8) is 0 Å². The van der Waals surface area contributed by atoms with E-state index in [1.54, 1.807) is 13.1 Å². The molecule has 2 aromatic carbocycles. The summed E-state index contributed by atoms with van der Waals surface area (Å²) in [6.07, 6.45) is 1.33. The minimum Gasteiger partial charge on any atom is -0.465 e. The molecule has 1 saturated carbocycles. The number of rotatable bonds is 4.